The monoisotopic (exact) mass is 290 g/mol. The molecule has 0 spiro atoms. The lowest BCUT2D eigenvalue weighted by atomic mass is 9.86. The van der Waals surface area contributed by atoms with Gasteiger partial charge in [-0.15, -0.1) is 0 Å². The third kappa shape index (κ3) is 4.11. The maximum absolute atomic E-state index is 12.9. The average molecular weight is 290 g/mol. The van der Waals surface area contributed by atoms with Gasteiger partial charge in [0.2, 0.25) is 0 Å². The minimum absolute atomic E-state index is 0.321. The second-order valence-corrected chi connectivity index (χ2v) is 4.71. The van der Waals surface area contributed by atoms with Crippen LogP contribution >= 0.6 is 0 Å². The zero-order valence-electron chi connectivity index (χ0n) is 10.8. The first kappa shape index (κ1) is 16.3. The van der Waals surface area contributed by atoms with E-state index in [2.05, 4.69) is 11.9 Å². The molecular formula is C13H17F3N2O2. The highest BCUT2D eigenvalue weighted by Gasteiger charge is 2.38. The Labute approximate surface area is 114 Å². The van der Waals surface area contributed by atoms with Crippen molar-refractivity contribution in [2.45, 2.75) is 37.9 Å². The fourth-order valence-electron chi connectivity index (χ4n) is 2.25. The molecule has 0 aromatic heterocycles. The maximum Gasteiger partial charge on any atom is 0.431 e. The third-order valence-electron chi connectivity index (χ3n) is 3.37. The number of carboxylic acids is 1. The molecule has 1 aliphatic rings. The van der Waals surface area contributed by atoms with Crippen molar-refractivity contribution < 1.29 is 23.1 Å². The Morgan fingerprint density at radius 3 is 2.20 bits per heavy atom. The Balaban J connectivity index is 2.79. The summed E-state index contributed by atoms with van der Waals surface area (Å²) in [6.45, 7) is 3.27. The van der Waals surface area contributed by atoms with Crippen molar-refractivity contribution in [3.8, 4) is 0 Å². The number of alkyl halides is 3. The average Bonchev–Trinajstić information content (AvgIpc) is 2.38. The lowest BCUT2D eigenvalue weighted by molar-refractivity contribution is -0.143. The summed E-state index contributed by atoms with van der Waals surface area (Å²) in [5.74, 6) is -1.38. The fraction of sp³-hybridized carbons (Fsp3) is 0.538. The standard InChI is InChI=1S/C13H17F3N2O2/c1-2-8(7-17)11(13(14,15)16)18-10-5-3-9(4-6-10)12(19)20/h2,7,9-10,17-18H,1,3-6H2,(H,19,20)/b11-8-,17-7?. The molecule has 20 heavy (non-hydrogen) atoms. The minimum atomic E-state index is -4.59. The van der Waals surface area contributed by atoms with Gasteiger partial charge in [-0.05, 0) is 25.7 Å². The molecule has 1 aliphatic carbocycles. The highest BCUT2D eigenvalue weighted by Crippen LogP contribution is 2.30. The molecule has 0 aromatic carbocycles. The summed E-state index contributed by atoms with van der Waals surface area (Å²) in [7, 11) is 0. The molecule has 0 saturated heterocycles. The molecule has 4 nitrogen and oxygen atoms in total. The summed E-state index contributed by atoms with van der Waals surface area (Å²) in [4.78, 5) is 10.8. The van der Waals surface area contributed by atoms with E-state index in [4.69, 9.17) is 10.5 Å². The van der Waals surface area contributed by atoms with Crippen LogP contribution in [-0.4, -0.2) is 29.5 Å². The predicted molar refractivity (Wildman–Crippen MR) is 68.6 cm³/mol. The first-order chi connectivity index (χ1) is 9.29. The Bertz CT molecular complexity index is 412. The Morgan fingerprint density at radius 1 is 1.30 bits per heavy atom. The maximum atomic E-state index is 12.9. The zero-order chi connectivity index (χ0) is 15.3. The second-order valence-electron chi connectivity index (χ2n) is 4.71. The lowest BCUT2D eigenvalue weighted by Gasteiger charge is -2.29. The molecule has 0 amide bonds. The number of aliphatic carboxylic acids is 1. The van der Waals surface area contributed by atoms with Crippen LogP contribution in [-0.2, 0) is 4.79 Å². The van der Waals surface area contributed by atoms with Gasteiger partial charge in [0.1, 0.15) is 5.70 Å². The van der Waals surface area contributed by atoms with Gasteiger partial charge in [0.15, 0.2) is 0 Å². The summed E-state index contributed by atoms with van der Waals surface area (Å²) in [5.41, 5.74) is -1.31. The normalized spacial score (nSPS) is 24.6. The molecular weight excluding hydrogens is 273 g/mol. The van der Waals surface area contributed by atoms with Gasteiger partial charge >= 0.3 is 12.1 Å². The Kier molecular flexibility index (Phi) is 5.35. The van der Waals surface area contributed by atoms with Crippen LogP contribution in [0.5, 0.6) is 0 Å². The topological polar surface area (TPSA) is 73.2 Å². The van der Waals surface area contributed by atoms with Crippen LogP contribution in [0.3, 0.4) is 0 Å². The first-order valence-electron chi connectivity index (χ1n) is 6.23. The molecule has 112 valence electrons. The third-order valence-corrected chi connectivity index (χ3v) is 3.37. The van der Waals surface area contributed by atoms with Gasteiger partial charge in [-0.1, -0.05) is 12.7 Å². The van der Waals surface area contributed by atoms with Gasteiger partial charge in [0, 0.05) is 17.8 Å². The van der Waals surface area contributed by atoms with E-state index in [1.54, 1.807) is 0 Å². The van der Waals surface area contributed by atoms with Gasteiger partial charge < -0.3 is 15.8 Å². The van der Waals surface area contributed by atoms with E-state index in [-0.39, 0.29) is 5.57 Å². The van der Waals surface area contributed by atoms with E-state index in [1.165, 1.54) is 0 Å². The molecule has 0 atom stereocenters. The first-order valence-corrected chi connectivity index (χ1v) is 6.23. The van der Waals surface area contributed by atoms with E-state index in [1.807, 2.05) is 0 Å². The fourth-order valence-corrected chi connectivity index (χ4v) is 2.25. The van der Waals surface area contributed by atoms with E-state index in [0.717, 1.165) is 6.08 Å². The van der Waals surface area contributed by atoms with Crippen LogP contribution in [0.25, 0.3) is 0 Å². The molecule has 0 bridgehead atoms. The number of nitrogens with one attached hydrogen (secondary N) is 2. The molecule has 0 aliphatic heterocycles. The van der Waals surface area contributed by atoms with Crippen molar-refractivity contribution >= 4 is 12.2 Å². The second kappa shape index (κ2) is 6.58. The number of hydrogen-bond acceptors (Lipinski definition) is 3. The van der Waals surface area contributed by atoms with E-state index in [0.29, 0.717) is 31.9 Å². The zero-order valence-corrected chi connectivity index (χ0v) is 10.8. The van der Waals surface area contributed by atoms with Gasteiger partial charge in [-0.3, -0.25) is 4.79 Å². The van der Waals surface area contributed by atoms with Crippen LogP contribution in [0.2, 0.25) is 0 Å². The Hall–Kier alpha value is -1.79. The van der Waals surface area contributed by atoms with Gasteiger partial charge in [0.05, 0.1) is 5.92 Å². The molecule has 1 saturated carbocycles. The largest absolute Gasteiger partial charge is 0.481 e. The molecule has 0 aromatic rings. The van der Waals surface area contributed by atoms with E-state index < -0.39 is 29.8 Å². The molecule has 0 unspecified atom stereocenters. The van der Waals surface area contributed by atoms with Crippen molar-refractivity contribution in [1.29, 1.82) is 5.41 Å². The minimum Gasteiger partial charge on any atom is -0.481 e. The number of carbonyl (C=O) groups is 1. The number of rotatable bonds is 5. The SMILES string of the molecule is C=C/C(C=N)=C(/NC1CCC(C(=O)O)CC1)C(F)(F)F. The van der Waals surface area contributed by atoms with E-state index in [9.17, 15) is 18.0 Å². The van der Waals surface area contributed by atoms with Crippen LogP contribution in [0, 0.1) is 11.3 Å². The van der Waals surface area contributed by atoms with Crippen LogP contribution in [0.4, 0.5) is 13.2 Å². The molecule has 3 N–H and O–H groups in total. The number of carboxylic acid groups (broad SMARTS) is 1. The molecule has 1 rings (SSSR count). The van der Waals surface area contributed by atoms with Crippen LogP contribution in [0.1, 0.15) is 25.7 Å². The van der Waals surface area contributed by atoms with Gasteiger partial charge in [-0.2, -0.15) is 13.2 Å². The highest BCUT2D eigenvalue weighted by molar-refractivity contribution is 5.81. The van der Waals surface area contributed by atoms with Crippen molar-refractivity contribution in [1.82, 2.24) is 5.32 Å². The summed E-state index contributed by atoms with van der Waals surface area (Å²) in [6.07, 6.45) is -1.58. The van der Waals surface area contributed by atoms with Crippen LogP contribution in [0.15, 0.2) is 23.9 Å². The number of allylic oxidation sites excluding steroid dienone is 3. The van der Waals surface area contributed by atoms with Gasteiger partial charge in [-0.25, -0.2) is 0 Å². The molecule has 0 radical (unpaired) electrons. The van der Waals surface area contributed by atoms with E-state index >= 15 is 0 Å². The summed E-state index contributed by atoms with van der Waals surface area (Å²) < 4.78 is 38.8. The molecule has 1 fully saturated rings. The van der Waals surface area contributed by atoms with Crippen LogP contribution < -0.4 is 5.32 Å². The van der Waals surface area contributed by atoms with Crippen molar-refractivity contribution in [3.63, 3.8) is 0 Å². The smallest absolute Gasteiger partial charge is 0.431 e. The highest BCUT2D eigenvalue weighted by atomic mass is 19.4. The number of hydrogen-bond donors (Lipinski definition) is 3. The summed E-state index contributed by atoms with van der Waals surface area (Å²) in [6, 6.07) is -0.433. The number of halogens is 3. The molecule has 0 heterocycles. The van der Waals surface area contributed by atoms with Gasteiger partial charge in [0.25, 0.3) is 0 Å². The molecule has 7 heteroatoms. The summed E-state index contributed by atoms with van der Waals surface area (Å²) >= 11 is 0. The quantitative estimate of drug-likeness (QED) is 0.538. The Morgan fingerprint density at radius 2 is 1.85 bits per heavy atom. The predicted octanol–water partition coefficient (Wildman–Crippen LogP) is 2.87. The van der Waals surface area contributed by atoms with Crippen molar-refractivity contribution in [3.05, 3.63) is 23.9 Å². The van der Waals surface area contributed by atoms with Crippen molar-refractivity contribution in [2.75, 3.05) is 0 Å². The van der Waals surface area contributed by atoms with Crippen molar-refractivity contribution in [2.24, 2.45) is 5.92 Å². The lowest BCUT2D eigenvalue weighted by Crippen LogP contribution is -2.39. The summed E-state index contributed by atoms with van der Waals surface area (Å²) in [5, 5.41) is 18.2.